The fourth-order valence-corrected chi connectivity index (χ4v) is 3.14. The van der Waals surface area contributed by atoms with Gasteiger partial charge in [0.2, 0.25) is 0 Å². The highest BCUT2D eigenvalue weighted by Gasteiger charge is 2.36. The number of amides is 1. The van der Waals surface area contributed by atoms with Crippen molar-refractivity contribution < 1.29 is 18.7 Å². The molecule has 22 heavy (non-hydrogen) atoms. The molecule has 7 heteroatoms. The molecule has 1 atom stereocenters. The molecule has 1 amide bonds. The highest BCUT2D eigenvalue weighted by Crippen LogP contribution is 2.42. The number of hydrogen-bond donors (Lipinski definition) is 1. The molecule has 0 bridgehead atoms. The first kappa shape index (κ1) is 14.8. The van der Waals surface area contributed by atoms with Crippen LogP contribution in [0.4, 0.5) is 0 Å². The molecule has 1 aliphatic carbocycles. The lowest BCUT2D eigenvalue weighted by molar-refractivity contribution is 0.0599. The Morgan fingerprint density at radius 3 is 2.86 bits per heavy atom. The largest absolute Gasteiger partial charge is 0.465 e. The van der Waals surface area contributed by atoms with Gasteiger partial charge in [0.1, 0.15) is 11.3 Å². The lowest BCUT2D eigenvalue weighted by Gasteiger charge is -2.14. The zero-order valence-corrected chi connectivity index (χ0v) is 13.1. The lowest BCUT2D eigenvalue weighted by Crippen LogP contribution is -2.29. The molecule has 0 aliphatic heterocycles. The summed E-state index contributed by atoms with van der Waals surface area (Å²) in [6.07, 6.45) is 5.19. The van der Waals surface area contributed by atoms with Gasteiger partial charge in [-0.3, -0.25) is 4.79 Å². The number of rotatable bonds is 5. The molecule has 2 heterocycles. The van der Waals surface area contributed by atoms with Gasteiger partial charge in [0.25, 0.3) is 5.91 Å². The van der Waals surface area contributed by atoms with E-state index >= 15 is 0 Å². The molecule has 0 radical (unpaired) electrons. The second kappa shape index (κ2) is 5.92. The number of ether oxygens (including phenoxy) is 1. The van der Waals surface area contributed by atoms with Gasteiger partial charge in [-0.2, -0.15) is 0 Å². The molecule has 0 spiro atoms. The molecule has 116 valence electrons. The Hall–Kier alpha value is -2.15. The van der Waals surface area contributed by atoms with E-state index in [2.05, 4.69) is 15.0 Å². The van der Waals surface area contributed by atoms with Crippen molar-refractivity contribution in [1.82, 2.24) is 10.3 Å². The zero-order chi connectivity index (χ0) is 15.7. The number of nitrogens with one attached hydrogen (secondary N) is 1. The number of nitrogens with zero attached hydrogens (tertiary/aromatic N) is 1. The number of methoxy groups -OCH3 is 1. The van der Waals surface area contributed by atoms with Gasteiger partial charge in [0.15, 0.2) is 5.76 Å². The van der Waals surface area contributed by atoms with Crippen molar-refractivity contribution in [3.63, 3.8) is 0 Å². The van der Waals surface area contributed by atoms with Crippen molar-refractivity contribution in [2.45, 2.75) is 25.8 Å². The predicted molar refractivity (Wildman–Crippen MR) is 79.8 cm³/mol. The summed E-state index contributed by atoms with van der Waals surface area (Å²) in [5.41, 5.74) is 0.223. The summed E-state index contributed by atoms with van der Waals surface area (Å²) in [5, 5.41) is 3.87. The van der Waals surface area contributed by atoms with Crippen LogP contribution in [0, 0.1) is 12.8 Å². The monoisotopic (exact) mass is 320 g/mol. The second-order valence-corrected chi connectivity index (χ2v) is 6.56. The Morgan fingerprint density at radius 2 is 2.27 bits per heavy atom. The van der Waals surface area contributed by atoms with Crippen molar-refractivity contribution in [2.24, 2.45) is 5.92 Å². The minimum Gasteiger partial charge on any atom is -0.465 e. The third kappa shape index (κ3) is 3.04. The van der Waals surface area contributed by atoms with Crippen LogP contribution in [0.3, 0.4) is 0 Å². The van der Waals surface area contributed by atoms with Crippen LogP contribution < -0.4 is 5.32 Å². The molecule has 0 saturated heterocycles. The van der Waals surface area contributed by atoms with Crippen LogP contribution in [0.1, 0.15) is 49.7 Å². The van der Waals surface area contributed by atoms with Crippen LogP contribution in [-0.4, -0.2) is 24.0 Å². The number of carbonyl (C=O) groups is 2. The molecule has 0 aromatic carbocycles. The highest BCUT2D eigenvalue weighted by atomic mass is 32.1. The number of thiazole rings is 1. The van der Waals surface area contributed by atoms with Crippen LogP contribution in [0.2, 0.25) is 0 Å². The van der Waals surface area contributed by atoms with E-state index in [1.807, 2.05) is 13.1 Å². The van der Waals surface area contributed by atoms with Crippen LogP contribution in [-0.2, 0) is 4.74 Å². The Labute approximate surface area is 131 Å². The first-order valence-electron chi connectivity index (χ1n) is 6.98. The quantitative estimate of drug-likeness (QED) is 0.857. The molecule has 2 aromatic heterocycles. The van der Waals surface area contributed by atoms with Crippen molar-refractivity contribution in [3.8, 4) is 0 Å². The molecule has 6 nitrogen and oxygen atoms in total. The molecule has 1 fully saturated rings. The maximum absolute atomic E-state index is 12.3. The number of furan rings is 1. The molecular weight excluding hydrogens is 304 g/mol. The third-order valence-electron chi connectivity index (χ3n) is 3.53. The van der Waals surface area contributed by atoms with E-state index < -0.39 is 5.97 Å². The first-order chi connectivity index (χ1) is 10.6. The minimum atomic E-state index is -0.530. The SMILES string of the molecule is COC(=O)c1coc(C(=O)N[C@@H](c2ncc(C)s2)C2CC2)c1. The average Bonchev–Trinajstić information content (AvgIpc) is 3.06. The van der Waals surface area contributed by atoms with Crippen molar-refractivity contribution >= 4 is 23.2 Å². The molecule has 3 rings (SSSR count). The Bertz CT molecular complexity index is 702. The standard InChI is InChI=1S/C15H16N2O4S/c1-8-6-16-14(22-8)12(9-3-4-9)17-13(18)11-5-10(7-21-11)15(19)20-2/h5-7,9,12H,3-4H2,1-2H3,(H,17,18)/t12-/m1/s1. The van der Waals surface area contributed by atoms with Crippen molar-refractivity contribution in [2.75, 3.05) is 7.11 Å². The average molecular weight is 320 g/mol. The number of aryl methyl sites for hydroxylation is 1. The number of esters is 1. The molecule has 0 unspecified atom stereocenters. The van der Waals surface area contributed by atoms with Crippen LogP contribution in [0.25, 0.3) is 0 Å². The van der Waals surface area contributed by atoms with E-state index in [0.29, 0.717) is 5.92 Å². The fourth-order valence-electron chi connectivity index (χ4n) is 2.22. The smallest absolute Gasteiger partial charge is 0.341 e. The third-order valence-corrected chi connectivity index (χ3v) is 4.53. The van der Waals surface area contributed by atoms with Gasteiger partial charge in [0.05, 0.1) is 18.7 Å². The normalized spacial score (nSPS) is 15.4. The van der Waals surface area contributed by atoms with E-state index in [0.717, 1.165) is 22.7 Å². The van der Waals surface area contributed by atoms with Crippen LogP contribution in [0.15, 0.2) is 22.9 Å². The maximum Gasteiger partial charge on any atom is 0.341 e. The van der Waals surface area contributed by atoms with Gasteiger partial charge in [-0.25, -0.2) is 9.78 Å². The molecule has 2 aromatic rings. The van der Waals surface area contributed by atoms with Gasteiger partial charge in [-0.1, -0.05) is 0 Å². The van der Waals surface area contributed by atoms with E-state index in [-0.39, 0.29) is 23.3 Å². The van der Waals surface area contributed by atoms with E-state index in [4.69, 9.17) is 4.42 Å². The van der Waals surface area contributed by atoms with Gasteiger partial charge in [-0.05, 0) is 25.7 Å². The fraction of sp³-hybridized carbons (Fsp3) is 0.400. The number of hydrogen-bond acceptors (Lipinski definition) is 6. The second-order valence-electron chi connectivity index (χ2n) is 5.29. The molecular formula is C15H16N2O4S. The number of aromatic nitrogens is 1. The summed E-state index contributed by atoms with van der Waals surface area (Å²) in [5.74, 6) is -0.360. The van der Waals surface area contributed by atoms with E-state index in [1.165, 1.54) is 19.4 Å². The summed E-state index contributed by atoms with van der Waals surface area (Å²) >= 11 is 1.58. The highest BCUT2D eigenvalue weighted by molar-refractivity contribution is 7.11. The van der Waals surface area contributed by atoms with Gasteiger partial charge in [-0.15, -0.1) is 11.3 Å². The van der Waals surface area contributed by atoms with E-state index in [1.54, 1.807) is 11.3 Å². The van der Waals surface area contributed by atoms with Crippen molar-refractivity contribution in [1.29, 1.82) is 0 Å². The summed E-state index contributed by atoms with van der Waals surface area (Å²) in [7, 11) is 1.28. The Balaban J connectivity index is 1.74. The predicted octanol–water partition coefficient (Wildman–Crippen LogP) is 2.71. The summed E-state index contributed by atoms with van der Waals surface area (Å²) in [6, 6.07) is 1.29. The topological polar surface area (TPSA) is 81.4 Å². The summed E-state index contributed by atoms with van der Waals surface area (Å²) in [6.45, 7) is 1.99. The summed E-state index contributed by atoms with van der Waals surface area (Å²) in [4.78, 5) is 29.2. The van der Waals surface area contributed by atoms with Crippen LogP contribution in [0.5, 0.6) is 0 Å². The zero-order valence-electron chi connectivity index (χ0n) is 12.3. The summed E-state index contributed by atoms with van der Waals surface area (Å²) < 4.78 is 9.75. The van der Waals surface area contributed by atoms with Gasteiger partial charge in [0, 0.05) is 17.1 Å². The number of carbonyl (C=O) groups excluding carboxylic acids is 2. The van der Waals surface area contributed by atoms with Crippen LogP contribution >= 0.6 is 11.3 Å². The first-order valence-corrected chi connectivity index (χ1v) is 7.80. The maximum atomic E-state index is 12.3. The van der Waals surface area contributed by atoms with Gasteiger partial charge < -0.3 is 14.5 Å². The minimum absolute atomic E-state index is 0.0966. The molecule has 1 aliphatic rings. The lowest BCUT2D eigenvalue weighted by atomic mass is 10.2. The van der Waals surface area contributed by atoms with E-state index in [9.17, 15) is 9.59 Å². The van der Waals surface area contributed by atoms with Gasteiger partial charge >= 0.3 is 5.97 Å². The molecule has 1 saturated carbocycles. The van der Waals surface area contributed by atoms with Crippen molar-refractivity contribution in [3.05, 3.63) is 39.7 Å². The Morgan fingerprint density at radius 1 is 1.50 bits per heavy atom. The molecule has 1 N–H and O–H groups in total. The Kier molecular flexibility index (Phi) is 3.98.